The fraction of sp³-hybridized carbons (Fsp3) is 0. The van der Waals surface area contributed by atoms with Gasteiger partial charge in [-0.05, 0) is 60.4 Å². The molecule has 0 saturated heterocycles. The summed E-state index contributed by atoms with van der Waals surface area (Å²) >= 11 is 0. The van der Waals surface area contributed by atoms with Crippen LogP contribution in [0.1, 0.15) is 11.1 Å². The lowest BCUT2D eigenvalue weighted by molar-refractivity contribution is 0.604. The Hall–Kier alpha value is -4.10. The number of benzene rings is 4. The zero-order chi connectivity index (χ0) is 24.3. The van der Waals surface area contributed by atoms with Crippen molar-refractivity contribution in [2.45, 2.75) is 9.79 Å². The first kappa shape index (κ1) is 24.5. The summed E-state index contributed by atoms with van der Waals surface area (Å²) < 4.78 is 47.3. The Balaban J connectivity index is 0.000000191. The van der Waals surface area contributed by atoms with Crippen LogP contribution >= 0.6 is 0 Å². The summed E-state index contributed by atoms with van der Waals surface area (Å²) in [6.07, 6.45) is 0. The molecule has 4 aromatic carbocycles. The molecule has 34 heavy (non-hydrogen) atoms. The molecular formula is C28H20O4S2. The van der Waals surface area contributed by atoms with Crippen molar-refractivity contribution in [1.82, 2.24) is 0 Å². The molecule has 4 aromatic rings. The van der Waals surface area contributed by atoms with E-state index in [1.165, 1.54) is 24.3 Å². The highest BCUT2D eigenvalue weighted by Gasteiger charge is 2.09. The van der Waals surface area contributed by atoms with Gasteiger partial charge in [0.2, 0.25) is 19.7 Å². The van der Waals surface area contributed by atoms with E-state index in [9.17, 15) is 16.8 Å². The molecule has 0 aliphatic carbocycles. The number of hydrogen-bond donors (Lipinski definition) is 0. The fourth-order valence-corrected chi connectivity index (χ4v) is 4.38. The molecule has 4 rings (SSSR count). The summed E-state index contributed by atoms with van der Waals surface area (Å²) in [5, 5.41) is 4.63. The van der Waals surface area contributed by atoms with Gasteiger partial charge in [-0.25, -0.2) is 16.8 Å². The van der Waals surface area contributed by atoms with Crippen molar-refractivity contribution < 1.29 is 16.8 Å². The number of rotatable bonds is 2. The number of sulfone groups is 2. The van der Waals surface area contributed by atoms with E-state index in [2.05, 4.69) is 22.3 Å². The van der Waals surface area contributed by atoms with Crippen molar-refractivity contribution in [3.63, 3.8) is 0 Å². The molecule has 0 fully saturated rings. The minimum atomic E-state index is -3.52. The van der Waals surface area contributed by atoms with Crippen LogP contribution < -0.4 is 0 Å². The first-order chi connectivity index (χ1) is 16.4. The van der Waals surface area contributed by atoms with Crippen molar-refractivity contribution in [1.29, 1.82) is 0 Å². The van der Waals surface area contributed by atoms with Gasteiger partial charge in [0.25, 0.3) is 0 Å². The third kappa shape index (κ3) is 7.50. The molecule has 168 valence electrons. The Labute approximate surface area is 200 Å². The van der Waals surface area contributed by atoms with E-state index < -0.39 is 19.7 Å². The molecule has 0 N–H and O–H groups in total. The molecule has 0 bridgehead atoms. The SMILES string of the molecule is O=S(=O)(C#Cc1ccccc1)c1ccccc1.O=S(=O)(C#Cc1ccccc1)c1ccccc1. The highest BCUT2D eigenvalue weighted by molar-refractivity contribution is 7.96. The van der Waals surface area contributed by atoms with E-state index in [0.717, 1.165) is 0 Å². The summed E-state index contributed by atoms with van der Waals surface area (Å²) in [5.74, 6) is 5.29. The molecule has 0 atom stereocenters. The van der Waals surface area contributed by atoms with Gasteiger partial charge in [0, 0.05) is 21.6 Å². The van der Waals surface area contributed by atoms with Crippen LogP contribution in [0.2, 0.25) is 0 Å². The van der Waals surface area contributed by atoms with Gasteiger partial charge < -0.3 is 0 Å². The molecule has 0 saturated carbocycles. The molecule has 4 nitrogen and oxygen atoms in total. The highest BCUT2D eigenvalue weighted by atomic mass is 32.2. The lowest BCUT2D eigenvalue weighted by atomic mass is 10.2. The van der Waals surface area contributed by atoms with Gasteiger partial charge in [-0.15, -0.1) is 0 Å². The molecule has 0 spiro atoms. The minimum Gasteiger partial charge on any atom is -0.210 e. The van der Waals surface area contributed by atoms with E-state index in [-0.39, 0.29) is 9.79 Å². The minimum absolute atomic E-state index is 0.225. The Morgan fingerprint density at radius 1 is 0.382 bits per heavy atom. The average molecular weight is 485 g/mol. The second kappa shape index (κ2) is 11.7. The first-order valence-corrected chi connectivity index (χ1v) is 13.1. The lowest BCUT2D eigenvalue weighted by Gasteiger charge is -1.94. The third-order valence-corrected chi connectivity index (χ3v) is 6.84. The smallest absolute Gasteiger partial charge is 0.210 e. The monoisotopic (exact) mass is 484 g/mol. The Bertz CT molecular complexity index is 1420. The van der Waals surface area contributed by atoms with Gasteiger partial charge in [0.15, 0.2) is 0 Å². The fourth-order valence-electron chi connectivity index (χ4n) is 2.61. The molecule has 0 aromatic heterocycles. The maximum atomic E-state index is 11.8. The van der Waals surface area contributed by atoms with Crippen LogP contribution in [0.15, 0.2) is 131 Å². The van der Waals surface area contributed by atoms with Crippen molar-refractivity contribution >= 4 is 19.7 Å². The highest BCUT2D eigenvalue weighted by Crippen LogP contribution is 2.10. The van der Waals surface area contributed by atoms with E-state index in [1.54, 1.807) is 60.7 Å². The Kier molecular flexibility index (Phi) is 8.43. The van der Waals surface area contributed by atoms with Crippen LogP contribution in [0.4, 0.5) is 0 Å². The molecular weight excluding hydrogens is 464 g/mol. The van der Waals surface area contributed by atoms with Crippen molar-refractivity contribution in [3.05, 3.63) is 132 Å². The molecule has 0 aliphatic heterocycles. The average Bonchev–Trinajstić information content (AvgIpc) is 2.89. The molecule has 0 aliphatic rings. The molecule has 0 radical (unpaired) electrons. The molecule has 6 heteroatoms. The molecule has 0 heterocycles. The zero-order valence-electron chi connectivity index (χ0n) is 18.0. The predicted molar refractivity (Wildman–Crippen MR) is 134 cm³/mol. The second-order valence-electron chi connectivity index (χ2n) is 6.82. The summed E-state index contributed by atoms with van der Waals surface area (Å²) in [4.78, 5) is 0.451. The van der Waals surface area contributed by atoms with E-state index in [0.29, 0.717) is 11.1 Å². The number of hydrogen-bond acceptors (Lipinski definition) is 4. The molecule has 0 amide bonds. The standard InChI is InChI=1S/2C14H10O2S/c2*15-17(16,14-9-5-2-6-10-14)12-11-13-7-3-1-4-8-13/h2*1-10H. The summed E-state index contributed by atoms with van der Waals surface area (Å²) in [5.41, 5.74) is 1.37. The van der Waals surface area contributed by atoms with E-state index >= 15 is 0 Å². The van der Waals surface area contributed by atoms with E-state index in [1.807, 2.05) is 36.4 Å². The largest absolute Gasteiger partial charge is 0.245 e. The van der Waals surface area contributed by atoms with Crippen LogP contribution in [0.5, 0.6) is 0 Å². The topological polar surface area (TPSA) is 68.3 Å². The van der Waals surface area contributed by atoms with Gasteiger partial charge in [-0.1, -0.05) is 72.8 Å². The summed E-state index contributed by atoms with van der Waals surface area (Å²) in [6, 6.07) is 34.5. The first-order valence-electron chi connectivity index (χ1n) is 10.1. The summed E-state index contributed by atoms with van der Waals surface area (Å²) in [6.45, 7) is 0. The van der Waals surface area contributed by atoms with Crippen LogP contribution in [0.25, 0.3) is 0 Å². The van der Waals surface area contributed by atoms with Crippen LogP contribution in [-0.4, -0.2) is 16.8 Å². The van der Waals surface area contributed by atoms with Crippen molar-refractivity contribution in [2.24, 2.45) is 0 Å². The lowest BCUT2D eigenvalue weighted by Crippen LogP contribution is -1.96. The van der Waals surface area contributed by atoms with Gasteiger partial charge in [0.05, 0.1) is 9.79 Å². The summed E-state index contributed by atoms with van der Waals surface area (Å²) in [7, 11) is -7.04. The Morgan fingerprint density at radius 2 is 0.647 bits per heavy atom. The van der Waals surface area contributed by atoms with Gasteiger partial charge in [-0.2, -0.15) is 0 Å². The molecule has 0 unspecified atom stereocenters. The van der Waals surface area contributed by atoms with Crippen molar-refractivity contribution in [2.75, 3.05) is 0 Å². The van der Waals surface area contributed by atoms with Crippen LogP contribution in [0, 0.1) is 22.3 Å². The zero-order valence-corrected chi connectivity index (χ0v) is 19.6. The van der Waals surface area contributed by atoms with Gasteiger partial charge in [0.1, 0.15) is 0 Å². The van der Waals surface area contributed by atoms with Crippen LogP contribution in [-0.2, 0) is 19.7 Å². The maximum absolute atomic E-state index is 11.8. The maximum Gasteiger partial charge on any atom is 0.245 e. The van der Waals surface area contributed by atoms with Gasteiger partial charge in [-0.3, -0.25) is 0 Å². The van der Waals surface area contributed by atoms with Gasteiger partial charge >= 0.3 is 0 Å². The van der Waals surface area contributed by atoms with Crippen molar-refractivity contribution in [3.8, 4) is 22.3 Å². The third-order valence-electron chi connectivity index (χ3n) is 4.31. The second-order valence-corrected chi connectivity index (χ2v) is 10.2. The normalized spacial score (nSPS) is 10.4. The van der Waals surface area contributed by atoms with Crippen LogP contribution in [0.3, 0.4) is 0 Å². The Morgan fingerprint density at radius 3 is 0.941 bits per heavy atom. The van der Waals surface area contributed by atoms with E-state index in [4.69, 9.17) is 0 Å². The predicted octanol–water partition coefficient (Wildman–Crippen LogP) is 4.94. The quantitative estimate of drug-likeness (QED) is 0.378.